The monoisotopic (exact) mass is 342 g/mol. The number of nitrogens with one attached hydrogen (secondary N) is 5. The van der Waals surface area contributed by atoms with Crippen LogP contribution < -0.4 is 26.8 Å². The van der Waals surface area contributed by atoms with E-state index >= 15 is 0 Å². The maximum absolute atomic E-state index is 4.33. The molecule has 8 nitrogen and oxygen atoms in total. The highest BCUT2D eigenvalue weighted by Crippen LogP contribution is 2.33. The summed E-state index contributed by atoms with van der Waals surface area (Å²) in [7, 11) is 0. The Balaban J connectivity index is 1.44. The van der Waals surface area contributed by atoms with Gasteiger partial charge in [-0.15, -0.1) is 16.9 Å². The maximum atomic E-state index is 4.33. The third kappa shape index (κ3) is 3.48. The predicted molar refractivity (Wildman–Crippen MR) is 90.3 cm³/mol. The Hall–Kier alpha value is -0.230. The van der Waals surface area contributed by atoms with Gasteiger partial charge in [0.25, 0.3) is 0 Å². The highest BCUT2D eigenvalue weighted by atomic mass is 32.2. The van der Waals surface area contributed by atoms with Gasteiger partial charge in [0.2, 0.25) is 5.17 Å². The van der Waals surface area contributed by atoms with E-state index < -0.39 is 0 Å². The largest absolute Gasteiger partial charge is 0.299 e. The van der Waals surface area contributed by atoms with Gasteiger partial charge in [-0.25, -0.2) is 15.8 Å². The van der Waals surface area contributed by atoms with Crippen molar-refractivity contribution in [3.05, 3.63) is 0 Å². The second-order valence-corrected chi connectivity index (χ2v) is 8.19. The van der Waals surface area contributed by atoms with Crippen molar-refractivity contribution in [1.82, 2.24) is 26.8 Å². The molecule has 4 rings (SSSR count). The number of nitrogens with zero attached hydrogens (tertiary/aromatic N) is 3. The van der Waals surface area contributed by atoms with Crippen molar-refractivity contribution in [2.75, 3.05) is 13.3 Å². The molecule has 5 atom stereocenters. The zero-order chi connectivity index (χ0) is 14.8. The van der Waals surface area contributed by atoms with Gasteiger partial charge in [0.1, 0.15) is 5.50 Å². The zero-order valence-electron chi connectivity index (χ0n) is 12.3. The first-order valence-electron chi connectivity index (χ1n) is 7.86. The number of piperazine rings is 1. The van der Waals surface area contributed by atoms with Crippen LogP contribution >= 0.6 is 23.5 Å². The van der Waals surface area contributed by atoms with Crippen molar-refractivity contribution in [1.29, 1.82) is 0 Å². The maximum Gasteiger partial charge on any atom is 0.207 e. The fourth-order valence-corrected chi connectivity index (χ4v) is 5.66. The van der Waals surface area contributed by atoms with Gasteiger partial charge in [-0.05, 0) is 12.8 Å². The molecule has 0 aromatic heterocycles. The Labute approximate surface area is 138 Å². The summed E-state index contributed by atoms with van der Waals surface area (Å²) in [5, 5.41) is 20.5. The average Bonchev–Trinajstić information content (AvgIpc) is 3.21. The number of hydrazine groups is 1. The van der Waals surface area contributed by atoms with E-state index in [1.165, 1.54) is 25.7 Å². The molecule has 5 N–H and O–H groups in total. The normalized spacial score (nSPS) is 41.5. The standard InChI is InChI=1S/C12H22N8S2/c1-2-4-8-7(3-1)17-9(21-11-13-5-15-19-11)10(18-8)22-12-14-6-16-20-12/h7-11,13,15,17-19H,1-6H2. The Bertz CT molecular complexity index is 452. The fourth-order valence-electron chi connectivity index (χ4n) is 3.29. The molecule has 0 amide bonds. The van der Waals surface area contributed by atoms with Crippen molar-refractivity contribution in [3.63, 3.8) is 0 Å². The van der Waals surface area contributed by atoms with Gasteiger partial charge in [-0.1, -0.05) is 24.6 Å². The lowest BCUT2D eigenvalue weighted by Crippen LogP contribution is -2.65. The molecule has 1 aliphatic carbocycles. The molecule has 3 aliphatic heterocycles. The molecule has 0 spiro atoms. The molecule has 5 unspecified atom stereocenters. The number of thioether (sulfide) groups is 2. The van der Waals surface area contributed by atoms with Crippen LogP contribution in [0.5, 0.6) is 0 Å². The molecule has 3 fully saturated rings. The molecule has 0 aromatic rings. The Morgan fingerprint density at radius 1 is 1.05 bits per heavy atom. The van der Waals surface area contributed by atoms with E-state index in [0.717, 1.165) is 11.8 Å². The van der Waals surface area contributed by atoms with E-state index in [2.05, 4.69) is 42.0 Å². The van der Waals surface area contributed by atoms with Crippen molar-refractivity contribution >= 4 is 28.7 Å². The van der Waals surface area contributed by atoms with Crippen LogP contribution in [-0.4, -0.2) is 46.8 Å². The van der Waals surface area contributed by atoms with Gasteiger partial charge in [0.05, 0.1) is 17.4 Å². The number of fused-ring (bicyclic) bond motifs is 1. The van der Waals surface area contributed by atoms with Crippen molar-refractivity contribution in [2.24, 2.45) is 15.2 Å². The first kappa shape index (κ1) is 15.3. The smallest absolute Gasteiger partial charge is 0.207 e. The third-order valence-electron chi connectivity index (χ3n) is 4.35. The molecule has 2 saturated heterocycles. The van der Waals surface area contributed by atoms with E-state index in [1.807, 2.05) is 11.8 Å². The molecule has 122 valence electrons. The minimum atomic E-state index is 0.217. The highest BCUT2D eigenvalue weighted by molar-refractivity contribution is 8.15. The van der Waals surface area contributed by atoms with E-state index in [1.54, 1.807) is 11.8 Å². The average molecular weight is 342 g/mol. The molecule has 0 bridgehead atoms. The number of rotatable bonds is 3. The van der Waals surface area contributed by atoms with Gasteiger partial charge in [-0.3, -0.25) is 16.0 Å². The number of hydrogen-bond donors (Lipinski definition) is 5. The molecule has 0 aromatic carbocycles. The molecule has 0 radical (unpaired) electrons. The lowest BCUT2D eigenvalue weighted by atomic mass is 9.89. The van der Waals surface area contributed by atoms with Gasteiger partial charge < -0.3 is 0 Å². The second-order valence-electron chi connectivity index (χ2n) is 5.83. The van der Waals surface area contributed by atoms with Crippen LogP contribution in [0.25, 0.3) is 0 Å². The summed E-state index contributed by atoms with van der Waals surface area (Å²) < 4.78 is 0. The van der Waals surface area contributed by atoms with Crippen LogP contribution in [-0.2, 0) is 0 Å². The second kappa shape index (κ2) is 7.12. The summed E-state index contributed by atoms with van der Waals surface area (Å²) in [5.41, 5.74) is 6.57. The van der Waals surface area contributed by atoms with Crippen molar-refractivity contribution < 1.29 is 0 Å². The quantitative estimate of drug-likeness (QED) is 0.504. The number of aliphatic imine (C=N–C) groups is 1. The summed E-state index contributed by atoms with van der Waals surface area (Å²) in [6.07, 6.45) is 5.16. The van der Waals surface area contributed by atoms with E-state index in [4.69, 9.17) is 0 Å². The Morgan fingerprint density at radius 2 is 1.86 bits per heavy atom. The SMILES string of the molecule is C1CCC2NC(SC3NCNN3)C(SC3=NCN=N3)NC2C1. The first-order chi connectivity index (χ1) is 10.9. The van der Waals surface area contributed by atoms with E-state index in [-0.39, 0.29) is 10.9 Å². The molecule has 1 saturated carbocycles. The minimum absolute atomic E-state index is 0.217. The van der Waals surface area contributed by atoms with Crippen molar-refractivity contribution in [2.45, 2.75) is 54.0 Å². The number of hydrogen-bond acceptors (Lipinski definition) is 10. The lowest BCUT2D eigenvalue weighted by molar-refractivity contribution is 0.231. The molecule has 22 heavy (non-hydrogen) atoms. The predicted octanol–water partition coefficient (Wildman–Crippen LogP) is 0.327. The lowest BCUT2D eigenvalue weighted by Gasteiger charge is -2.45. The molecular weight excluding hydrogens is 320 g/mol. The van der Waals surface area contributed by atoms with Crippen LogP contribution in [0.15, 0.2) is 15.2 Å². The van der Waals surface area contributed by atoms with Crippen LogP contribution in [0.1, 0.15) is 25.7 Å². The van der Waals surface area contributed by atoms with Gasteiger partial charge >= 0.3 is 0 Å². The van der Waals surface area contributed by atoms with Crippen LogP contribution in [0, 0.1) is 0 Å². The summed E-state index contributed by atoms with van der Waals surface area (Å²) >= 11 is 3.56. The molecule has 3 heterocycles. The molecule has 10 heteroatoms. The summed E-state index contributed by atoms with van der Waals surface area (Å²) in [4.78, 5) is 4.33. The summed E-state index contributed by atoms with van der Waals surface area (Å²) in [5.74, 6) is 0. The van der Waals surface area contributed by atoms with E-state index in [0.29, 0.717) is 24.1 Å². The summed E-state index contributed by atoms with van der Waals surface area (Å²) in [6.45, 7) is 1.27. The number of amidine groups is 1. The van der Waals surface area contributed by atoms with E-state index in [9.17, 15) is 0 Å². The number of azo groups is 1. The van der Waals surface area contributed by atoms with Crippen LogP contribution in [0.4, 0.5) is 0 Å². The fraction of sp³-hybridized carbons (Fsp3) is 0.917. The zero-order valence-corrected chi connectivity index (χ0v) is 13.9. The van der Waals surface area contributed by atoms with Gasteiger partial charge in [-0.2, -0.15) is 5.11 Å². The molecular formula is C12H22N8S2. The topological polar surface area (TPSA) is 97.2 Å². The summed E-state index contributed by atoms with van der Waals surface area (Å²) in [6, 6.07) is 1.13. The first-order valence-corrected chi connectivity index (χ1v) is 9.69. The molecule has 4 aliphatic rings. The Morgan fingerprint density at radius 3 is 2.55 bits per heavy atom. The van der Waals surface area contributed by atoms with Gasteiger partial charge in [0, 0.05) is 12.1 Å². The highest BCUT2D eigenvalue weighted by Gasteiger charge is 2.40. The minimum Gasteiger partial charge on any atom is -0.299 e. The third-order valence-corrected chi connectivity index (χ3v) is 6.86. The van der Waals surface area contributed by atoms with Crippen LogP contribution in [0.3, 0.4) is 0 Å². The van der Waals surface area contributed by atoms with Gasteiger partial charge in [0.15, 0.2) is 6.67 Å². The van der Waals surface area contributed by atoms with Crippen LogP contribution in [0.2, 0.25) is 0 Å². The van der Waals surface area contributed by atoms with Crippen molar-refractivity contribution in [3.8, 4) is 0 Å². The Kier molecular flexibility index (Phi) is 4.95.